The van der Waals surface area contributed by atoms with Crippen molar-refractivity contribution < 1.29 is 32.6 Å². The van der Waals surface area contributed by atoms with Crippen molar-refractivity contribution >= 4 is 52.1 Å². The Morgan fingerprint density at radius 1 is 1.19 bits per heavy atom. The third kappa shape index (κ3) is 7.87. The molecule has 3 aromatic rings. The van der Waals surface area contributed by atoms with Gasteiger partial charge in [-0.3, -0.25) is 9.69 Å². The van der Waals surface area contributed by atoms with Gasteiger partial charge in [-0.1, -0.05) is 29.3 Å². The van der Waals surface area contributed by atoms with Crippen LogP contribution in [0.1, 0.15) is 44.0 Å². The van der Waals surface area contributed by atoms with Crippen molar-refractivity contribution in [1.29, 1.82) is 0 Å². The summed E-state index contributed by atoms with van der Waals surface area (Å²) in [5.74, 6) is -0.842. The lowest BCUT2D eigenvalue weighted by atomic mass is 9.80. The van der Waals surface area contributed by atoms with Gasteiger partial charge in [-0.15, -0.1) is 0 Å². The first-order chi connectivity index (χ1) is 20.3. The smallest absolute Gasteiger partial charge is 0.475 e. The van der Waals surface area contributed by atoms with E-state index in [-0.39, 0.29) is 12.0 Å². The van der Waals surface area contributed by atoms with E-state index in [0.29, 0.717) is 35.0 Å². The first-order valence-electron chi connectivity index (χ1n) is 13.9. The Hall–Kier alpha value is -3.16. The largest absolute Gasteiger partial charge is 0.490 e. The number of anilines is 1. The number of rotatable bonds is 7. The molecule has 2 aliphatic rings. The lowest BCUT2D eigenvalue weighted by molar-refractivity contribution is -0.192. The summed E-state index contributed by atoms with van der Waals surface area (Å²) in [6, 6.07) is 5.41. The number of benzene rings is 1. The molecular weight excluding hydrogens is 612 g/mol. The molecule has 2 fully saturated rings. The van der Waals surface area contributed by atoms with Gasteiger partial charge in [0, 0.05) is 29.7 Å². The summed E-state index contributed by atoms with van der Waals surface area (Å²) in [4.78, 5) is 35.0. The van der Waals surface area contributed by atoms with Crippen LogP contribution >= 0.6 is 23.2 Å². The number of hydrogen-bond donors (Lipinski definition) is 1. The van der Waals surface area contributed by atoms with Gasteiger partial charge < -0.3 is 14.7 Å². The number of esters is 1. The van der Waals surface area contributed by atoms with Crippen LogP contribution in [0, 0.1) is 18.8 Å². The minimum absolute atomic E-state index is 0.118. The number of ether oxygens (including phenoxy) is 1. The highest BCUT2D eigenvalue weighted by molar-refractivity contribution is 6.35. The molecule has 0 amide bonds. The summed E-state index contributed by atoms with van der Waals surface area (Å²) in [6.45, 7) is 10.5. The fourth-order valence-corrected chi connectivity index (χ4v) is 6.01. The Labute approximate surface area is 256 Å². The molecule has 0 spiro atoms. The molecule has 0 radical (unpaired) electrons. The average Bonchev–Trinajstić information content (AvgIpc) is 3.23. The van der Waals surface area contributed by atoms with E-state index >= 15 is 0 Å². The zero-order chi connectivity index (χ0) is 31.5. The number of carbonyl (C=O) groups is 2. The molecule has 2 atom stereocenters. The fraction of sp³-hybridized carbons (Fsp3) is 0.536. The Kier molecular flexibility index (Phi) is 10.4. The second-order valence-electron chi connectivity index (χ2n) is 10.7. The van der Waals surface area contributed by atoms with Crippen LogP contribution in [0.4, 0.5) is 19.0 Å². The third-order valence-electron chi connectivity index (χ3n) is 7.68. The van der Waals surface area contributed by atoms with Gasteiger partial charge in [-0.2, -0.15) is 18.3 Å². The number of alkyl halides is 3. The zero-order valence-corrected chi connectivity index (χ0v) is 25.5. The second-order valence-corrected chi connectivity index (χ2v) is 11.5. The van der Waals surface area contributed by atoms with Crippen LogP contribution < -0.4 is 4.90 Å². The average molecular weight is 646 g/mol. The second kappa shape index (κ2) is 13.6. The molecule has 2 aromatic heterocycles. The maximum absolute atomic E-state index is 11.9. The number of fused-ring (bicyclic) bond motifs is 1. The van der Waals surface area contributed by atoms with Crippen LogP contribution in [0.2, 0.25) is 10.0 Å². The van der Waals surface area contributed by atoms with E-state index in [0.717, 1.165) is 60.8 Å². The predicted octanol–water partition coefficient (Wildman–Crippen LogP) is 5.40. The lowest BCUT2D eigenvalue weighted by Crippen LogP contribution is -2.54. The number of carboxylic acids is 1. The number of likely N-dealkylation sites (tertiary alicyclic amines) is 1. The Balaban J connectivity index is 0.000000541. The quantitative estimate of drug-likeness (QED) is 0.338. The summed E-state index contributed by atoms with van der Waals surface area (Å²) in [5.41, 5.74) is 3.33. The predicted molar refractivity (Wildman–Crippen MR) is 156 cm³/mol. The van der Waals surface area contributed by atoms with Crippen molar-refractivity contribution in [2.24, 2.45) is 11.8 Å². The van der Waals surface area contributed by atoms with E-state index in [2.05, 4.69) is 16.7 Å². The van der Waals surface area contributed by atoms with E-state index in [9.17, 15) is 18.0 Å². The minimum atomic E-state index is -5.08. The number of piperidine rings is 1. The molecule has 0 unspecified atom stereocenters. The van der Waals surface area contributed by atoms with E-state index in [4.69, 9.17) is 52.9 Å². The molecule has 2 aliphatic heterocycles. The van der Waals surface area contributed by atoms with Gasteiger partial charge in [0.1, 0.15) is 11.3 Å². The van der Waals surface area contributed by atoms with Crippen molar-refractivity contribution in [2.45, 2.75) is 45.8 Å². The highest BCUT2D eigenvalue weighted by Crippen LogP contribution is 2.35. The summed E-state index contributed by atoms with van der Waals surface area (Å²) in [6.07, 6.45) is -0.907. The highest BCUT2D eigenvalue weighted by atomic mass is 35.5. The Bertz CT molecular complexity index is 1460. The van der Waals surface area contributed by atoms with Gasteiger partial charge in [0.15, 0.2) is 5.65 Å². The molecule has 0 aliphatic carbocycles. The van der Waals surface area contributed by atoms with Crippen molar-refractivity contribution in [3.8, 4) is 0 Å². The first-order valence-corrected chi connectivity index (χ1v) is 14.6. The summed E-state index contributed by atoms with van der Waals surface area (Å²) < 4.78 is 38.8. The minimum Gasteiger partial charge on any atom is -0.475 e. The Morgan fingerprint density at radius 2 is 1.88 bits per heavy atom. The topological polar surface area (TPSA) is 114 Å². The first kappa shape index (κ1) is 32.7. The number of aromatic nitrogens is 4. The third-order valence-corrected chi connectivity index (χ3v) is 8.24. The molecule has 234 valence electrons. The normalized spacial score (nSPS) is 18.5. The van der Waals surface area contributed by atoms with Crippen molar-refractivity contribution in [3.63, 3.8) is 0 Å². The van der Waals surface area contributed by atoms with Crippen LogP contribution in [0.3, 0.4) is 0 Å². The highest BCUT2D eigenvalue weighted by Gasteiger charge is 2.38. The van der Waals surface area contributed by atoms with E-state index < -0.39 is 12.1 Å². The zero-order valence-electron chi connectivity index (χ0n) is 23.9. The summed E-state index contributed by atoms with van der Waals surface area (Å²) in [7, 11) is 0. The van der Waals surface area contributed by atoms with Crippen molar-refractivity contribution in [3.05, 3.63) is 45.7 Å². The Morgan fingerprint density at radius 3 is 2.51 bits per heavy atom. The maximum atomic E-state index is 11.9. The molecule has 0 bridgehead atoms. The number of aryl methyl sites for hydroxylation is 1. The standard InChI is InChI=1S/C26H32Cl2N6O2.C2HF3O2/c1-4-36-24(35)15-32-9-5-6-18(12-32)19-13-33(14-19)23-11-29-25-16(2)31-34(26(25)30-23)17(3)21-8-7-20(27)10-22(21)28;3-2(4,5)1(6)7/h7-8,10-11,17-19H,4-6,9,12-15H2,1-3H3;(H,6,7)/t17-,18+;/m1./s1. The van der Waals surface area contributed by atoms with Crippen LogP contribution in [-0.4, -0.2) is 87.2 Å². The van der Waals surface area contributed by atoms with E-state index in [1.807, 2.05) is 36.9 Å². The van der Waals surface area contributed by atoms with E-state index in [1.54, 1.807) is 6.07 Å². The van der Waals surface area contributed by atoms with Gasteiger partial charge in [-0.25, -0.2) is 19.4 Å². The number of carbonyl (C=O) groups excluding carboxylic acids is 1. The number of nitrogens with zero attached hydrogens (tertiary/aromatic N) is 6. The molecule has 4 heterocycles. The summed E-state index contributed by atoms with van der Waals surface area (Å²) in [5, 5.41) is 13.1. The van der Waals surface area contributed by atoms with Gasteiger partial charge in [0.2, 0.25) is 0 Å². The molecular formula is C28H33Cl2F3N6O4. The molecule has 2 saturated heterocycles. The number of hydrogen-bond acceptors (Lipinski definition) is 8. The lowest BCUT2D eigenvalue weighted by Gasteiger charge is -2.46. The fourth-order valence-electron chi connectivity index (χ4n) is 5.44. The van der Waals surface area contributed by atoms with E-state index in [1.165, 1.54) is 6.42 Å². The summed E-state index contributed by atoms with van der Waals surface area (Å²) >= 11 is 12.6. The molecule has 1 aromatic carbocycles. The number of halogens is 5. The van der Waals surface area contributed by atoms with Crippen molar-refractivity contribution in [2.75, 3.05) is 44.2 Å². The molecule has 0 saturated carbocycles. The van der Waals surface area contributed by atoms with Crippen LogP contribution in [0.15, 0.2) is 24.4 Å². The van der Waals surface area contributed by atoms with Crippen LogP contribution in [0.25, 0.3) is 11.2 Å². The number of aliphatic carboxylic acids is 1. The SMILES string of the molecule is CCOC(=O)CN1CCC[C@H](C2CN(c3cnc4c(C)nn([C@H](C)c5ccc(Cl)cc5Cl)c4n3)C2)C1.O=C(O)C(F)(F)F. The number of carboxylic acid groups (broad SMARTS) is 1. The van der Waals surface area contributed by atoms with Crippen molar-refractivity contribution in [1.82, 2.24) is 24.6 Å². The molecule has 1 N–H and O–H groups in total. The monoisotopic (exact) mass is 644 g/mol. The maximum Gasteiger partial charge on any atom is 0.490 e. The van der Waals surface area contributed by atoms with Gasteiger partial charge >= 0.3 is 18.1 Å². The van der Waals surface area contributed by atoms with Gasteiger partial charge in [-0.05, 0) is 69.7 Å². The van der Waals surface area contributed by atoms with Gasteiger partial charge in [0.25, 0.3) is 0 Å². The van der Waals surface area contributed by atoms with Gasteiger partial charge in [0.05, 0.1) is 31.1 Å². The molecule has 43 heavy (non-hydrogen) atoms. The van der Waals surface area contributed by atoms with Crippen LogP contribution in [-0.2, 0) is 14.3 Å². The molecule has 15 heteroatoms. The molecule has 5 rings (SSSR count). The molecule has 10 nitrogen and oxygen atoms in total. The van der Waals surface area contributed by atoms with Crippen LogP contribution in [0.5, 0.6) is 0 Å².